The Morgan fingerprint density at radius 3 is 1.08 bits per heavy atom. The summed E-state index contributed by atoms with van der Waals surface area (Å²) >= 11 is 5.56. The van der Waals surface area contributed by atoms with Crippen LogP contribution in [0, 0.1) is 0 Å². The van der Waals surface area contributed by atoms with Gasteiger partial charge in [0.05, 0.1) is 33.1 Å². The Morgan fingerprint density at radius 1 is 0.267 bits per heavy atom. The molecule has 1 N–H and O–H groups in total. The van der Waals surface area contributed by atoms with Crippen LogP contribution in [0.25, 0.3) is 165 Å². The molecule has 0 radical (unpaired) electrons. The molecule has 0 aliphatic carbocycles. The summed E-state index contributed by atoms with van der Waals surface area (Å²) in [5, 5.41) is 18.8. The number of rotatable bonds is 6. The molecule has 0 saturated heterocycles. The van der Waals surface area contributed by atoms with Gasteiger partial charge in [-0.05, 0) is 167 Å². The zero-order chi connectivity index (χ0) is 58.7. The zero-order valence-electron chi connectivity index (χ0n) is 48.1. The van der Waals surface area contributed by atoms with E-state index in [-0.39, 0.29) is 0 Å². The number of aliphatic imine (C=N–C) groups is 2. The van der Waals surface area contributed by atoms with E-state index in [2.05, 4.69) is 298 Å². The molecule has 420 valence electrons. The second-order valence-corrected chi connectivity index (χ2v) is 26.9. The van der Waals surface area contributed by atoms with Crippen LogP contribution in [0.3, 0.4) is 0 Å². The molecule has 0 bridgehead atoms. The quantitative estimate of drug-likeness (QED) is 0.177. The Labute approximate surface area is 527 Å². The highest BCUT2D eigenvalue weighted by Crippen LogP contribution is 2.44. The molecule has 7 heterocycles. The Morgan fingerprint density at radius 2 is 0.589 bits per heavy atom. The molecule has 6 nitrogen and oxygen atoms in total. The summed E-state index contributed by atoms with van der Waals surface area (Å²) in [6.45, 7) is 0. The van der Waals surface area contributed by atoms with E-state index in [1.165, 1.54) is 110 Å². The number of nitrogens with zero attached hydrogens (tertiary/aromatic N) is 5. The van der Waals surface area contributed by atoms with Crippen molar-refractivity contribution in [3.05, 3.63) is 285 Å². The van der Waals surface area contributed by atoms with Gasteiger partial charge in [0.1, 0.15) is 5.84 Å². The molecule has 1 unspecified atom stereocenters. The first-order valence-electron chi connectivity index (χ1n) is 30.5. The van der Waals surface area contributed by atoms with E-state index in [1.807, 2.05) is 34.0 Å². The average molecular weight is 1200 g/mol. The number of hydrogen-bond acceptors (Lipinski definition) is 6. The van der Waals surface area contributed by atoms with Crippen molar-refractivity contribution in [2.75, 3.05) is 0 Å². The highest BCUT2D eigenvalue weighted by atomic mass is 32.1. The standard InChI is InChI=1S/C81H48N6S3/c1-7-19-67-55(13-1)61-41-48(51-30-38-76-64(44-51)58-16-4-10-22-73(58)88-76)27-35-70(61)85(67)54-33-25-47(26-34-54)79-82-80(86-68-20-8-2-14-56(68)62-42-49(28-36-71(62)86)52-31-39-77-65(45-52)59-17-5-11-23-74(59)89-77)84-81(83-79)87-69-21-9-3-15-57(69)63-43-50(29-37-72(63)87)53-32-40-78-66(46-53)60-18-6-12-24-75(60)90-78/h1-46,80H,(H,82,83,84). The molecule has 20 rings (SSSR count). The van der Waals surface area contributed by atoms with Crippen molar-refractivity contribution in [3.63, 3.8) is 0 Å². The van der Waals surface area contributed by atoms with E-state index in [1.54, 1.807) is 0 Å². The minimum absolute atomic E-state index is 0.581. The molecule has 0 saturated carbocycles. The third-order valence-electron chi connectivity index (χ3n) is 18.7. The highest BCUT2D eigenvalue weighted by Gasteiger charge is 2.28. The maximum absolute atomic E-state index is 5.74. The summed E-state index contributed by atoms with van der Waals surface area (Å²) in [4.78, 5) is 11.4. The summed E-state index contributed by atoms with van der Waals surface area (Å²) in [5.74, 6) is 1.34. The second kappa shape index (κ2) is 19.3. The van der Waals surface area contributed by atoms with Gasteiger partial charge >= 0.3 is 0 Å². The normalized spacial score (nSPS) is 13.9. The minimum Gasteiger partial charge on any atom is -0.330 e. The molecule has 0 amide bonds. The molecule has 90 heavy (non-hydrogen) atoms. The van der Waals surface area contributed by atoms with E-state index in [0.717, 1.165) is 66.3 Å². The van der Waals surface area contributed by atoms with E-state index in [0.29, 0.717) is 5.96 Å². The first-order valence-corrected chi connectivity index (χ1v) is 32.9. The molecule has 1 aliphatic heterocycles. The number of thiophene rings is 3. The van der Waals surface area contributed by atoms with E-state index < -0.39 is 6.29 Å². The summed E-state index contributed by atoms with van der Waals surface area (Å²) in [7, 11) is 0. The summed E-state index contributed by atoms with van der Waals surface area (Å²) < 4.78 is 14.9. The third kappa shape index (κ3) is 7.55. The Hall–Kier alpha value is -10.9. The predicted octanol–water partition coefficient (Wildman–Crippen LogP) is 22.5. The molecular formula is C81H48N6S3. The van der Waals surface area contributed by atoms with Gasteiger partial charge in [-0.1, -0.05) is 146 Å². The fraction of sp³-hybridized carbons (Fsp3) is 0.0123. The molecular weight excluding hydrogens is 1150 g/mol. The lowest BCUT2D eigenvalue weighted by Gasteiger charge is -2.26. The van der Waals surface area contributed by atoms with Crippen LogP contribution in [-0.4, -0.2) is 25.5 Å². The van der Waals surface area contributed by atoms with Crippen molar-refractivity contribution in [3.8, 4) is 39.1 Å². The Bertz CT molecular complexity index is 6340. The number of aromatic nitrogens is 3. The van der Waals surface area contributed by atoms with Crippen molar-refractivity contribution >= 4 is 172 Å². The van der Waals surface area contributed by atoms with Gasteiger partial charge < -0.3 is 14.5 Å². The van der Waals surface area contributed by atoms with Crippen molar-refractivity contribution in [2.24, 2.45) is 9.98 Å². The van der Waals surface area contributed by atoms with Crippen molar-refractivity contribution in [2.45, 2.75) is 6.29 Å². The number of benzene rings is 13. The SMILES string of the molecule is c1ccc2c(c1)sc1ccc(-c3ccc4c(c3)c3ccccc3n4C3=NC(n4c5ccccc5c5cc(-c6ccc7sc8ccccc8c7c6)ccc54)NC(c4ccc(-n5c6ccccc6c6cc(-c7ccc8sc9ccccc9c8c7)ccc65)cc4)=N3)cc12. The number of fused-ring (bicyclic) bond motifs is 18. The minimum atomic E-state index is -0.581. The van der Waals surface area contributed by atoms with Gasteiger partial charge in [0.25, 0.3) is 0 Å². The first kappa shape index (κ1) is 50.1. The summed E-state index contributed by atoms with van der Waals surface area (Å²) in [6.07, 6.45) is -0.581. The average Bonchev–Trinajstić information content (AvgIpc) is 1.72. The topological polar surface area (TPSA) is 51.5 Å². The predicted molar refractivity (Wildman–Crippen MR) is 386 cm³/mol. The van der Waals surface area contributed by atoms with Crippen LogP contribution in [-0.2, 0) is 0 Å². The van der Waals surface area contributed by atoms with Gasteiger partial charge in [-0.25, -0.2) is 4.99 Å². The number of amidine groups is 1. The fourth-order valence-corrected chi connectivity index (χ4v) is 17.8. The molecule has 13 aromatic carbocycles. The van der Waals surface area contributed by atoms with Gasteiger partial charge in [0, 0.05) is 104 Å². The number of nitrogens with one attached hydrogen (secondary N) is 1. The van der Waals surface area contributed by atoms with Crippen LogP contribution in [0.4, 0.5) is 0 Å². The van der Waals surface area contributed by atoms with Crippen molar-refractivity contribution < 1.29 is 0 Å². The van der Waals surface area contributed by atoms with Gasteiger partial charge in [-0.15, -0.1) is 34.0 Å². The molecule has 6 aromatic heterocycles. The molecule has 0 spiro atoms. The fourth-order valence-electron chi connectivity index (χ4n) is 14.5. The largest absolute Gasteiger partial charge is 0.330 e. The van der Waals surface area contributed by atoms with Crippen molar-refractivity contribution in [1.29, 1.82) is 0 Å². The lowest BCUT2D eigenvalue weighted by molar-refractivity contribution is 0.513. The van der Waals surface area contributed by atoms with Crippen LogP contribution in [0.15, 0.2) is 289 Å². The summed E-state index contributed by atoms with van der Waals surface area (Å²) in [6, 6.07) is 103. The first-order chi connectivity index (χ1) is 44.6. The van der Waals surface area contributed by atoms with E-state index in [4.69, 9.17) is 9.98 Å². The lowest BCUT2D eigenvalue weighted by Crippen LogP contribution is -2.37. The Balaban J connectivity index is 0.735. The van der Waals surface area contributed by atoms with Crippen LogP contribution in [0.5, 0.6) is 0 Å². The van der Waals surface area contributed by atoms with Crippen LogP contribution >= 0.6 is 34.0 Å². The smallest absolute Gasteiger partial charge is 0.235 e. The van der Waals surface area contributed by atoms with Gasteiger partial charge in [-0.2, -0.15) is 4.99 Å². The number of hydrogen-bond donors (Lipinski definition) is 1. The van der Waals surface area contributed by atoms with Crippen LogP contribution in [0.2, 0.25) is 0 Å². The zero-order valence-corrected chi connectivity index (χ0v) is 50.5. The van der Waals surface area contributed by atoms with Gasteiger partial charge in [0.2, 0.25) is 12.2 Å². The van der Waals surface area contributed by atoms with E-state index >= 15 is 0 Å². The van der Waals surface area contributed by atoms with Gasteiger partial charge in [0.15, 0.2) is 0 Å². The third-order valence-corrected chi connectivity index (χ3v) is 22.2. The molecule has 19 aromatic rings. The molecule has 9 heteroatoms. The van der Waals surface area contributed by atoms with Crippen molar-refractivity contribution in [1.82, 2.24) is 19.0 Å². The number of para-hydroxylation sites is 3. The monoisotopic (exact) mass is 1200 g/mol. The second-order valence-electron chi connectivity index (χ2n) is 23.7. The molecule has 0 fully saturated rings. The van der Waals surface area contributed by atoms with E-state index in [9.17, 15) is 0 Å². The maximum Gasteiger partial charge on any atom is 0.235 e. The Kier molecular flexibility index (Phi) is 10.7. The van der Waals surface area contributed by atoms with Crippen LogP contribution in [0.1, 0.15) is 11.9 Å². The molecule has 1 atom stereocenters. The summed E-state index contributed by atoms with van der Waals surface area (Å²) in [5.41, 5.74) is 15.7. The highest BCUT2D eigenvalue weighted by molar-refractivity contribution is 7.26. The lowest BCUT2D eigenvalue weighted by atomic mass is 10.0. The molecule has 1 aliphatic rings. The maximum atomic E-state index is 5.74. The van der Waals surface area contributed by atoms with Crippen LogP contribution < -0.4 is 5.32 Å². The van der Waals surface area contributed by atoms with Gasteiger partial charge in [-0.3, -0.25) is 4.57 Å².